The van der Waals surface area contributed by atoms with Crippen LogP contribution in [-0.2, 0) is 9.53 Å². The summed E-state index contributed by atoms with van der Waals surface area (Å²) in [7, 11) is 0. The first-order chi connectivity index (χ1) is 8.61. The normalized spacial score (nSPS) is 14.4. The van der Waals surface area contributed by atoms with Crippen LogP contribution in [0.25, 0.3) is 0 Å². The van der Waals surface area contributed by atoms with Crippen molar-refractivity contribution >= 4 is 5.97 Å². The van der Waals surface area contributed by atoms with Crippen LogP contribution in [0.5, 0.6) is 0 Å². The van der Waals surface area contributed by atoms with Crippen molar-refractivity contribution in [1.29, 1.82) is 0 Å². The fraction of sp³-hybridized carbons (Fsp3) is 0.929. The largest absolute Gasteiger partial charge is 0.480 e. The highest BCUT2D eigenvalue weighted by molar-refractivity contribution is 5.73. The van der Waals surface area contributed by atoms with Crippen LogP contribution in [0.2, 0.25) is 0 Å². The van der Waals surface area contributed by atoms with Gasteiger partial charge in [-0.1, -0.05) is 39.5 Å². The summed E-state index contributed by atoms with van der Waals surface area (Å²) in [6.45, 7) is 7.36. The number of unbranched alkanes of at least 4 members (excludes halogenated alkanes) is 3. The van der Waals surface area contributed by atoms with Gasteiger partial charge in [0.15, 0.2) is 0 Å². The molecule has 0 aliphatic heterocycles. The van der Waals surface area contributed by atoms with E-state index in [1.165, 1.54) is 25.7 Å². The summed E-state index contributed by atoms with van der Waals surface area (Å²) in [5.74, 6) is -0.795. The lowest BCUT2D eigenvalue weighted by Gasteiger charge is -2.16. The van der Waals surface area contributed by atoms with Crippen molar-refractivity contribution in [3.63, 3.8) is 0 Å². The number of hydrogen-bond donors (Lipinski definition) is 2. The lowest BCUT2D eigenvalue weighted by atomic mass is 10.1. The maximum Gasteiger partial charge on any atom is 0.320 e. The summed E-state index contributed by atoms with van der Waals surface area (Å²) >= 11 is 0. The predicted molar refractivity (Wildman–Crippen MR) is 73.9 cm³/mol. The molecule has 0 heterocycles. The van der Waals surface area contributed by atoms with Crippen molar-refractivity contribution < 1.29 is 14.6 Å². The van der Waals surface area contributed by atoms with Crippen LogP contribution in [0.3, 0.4) is 0 Å². The first-order valence-electron chi connectivity index (χ1n) is 7.19. The molecular formula is C14H29NO3. The number of rotatable bonds is 12. The van der Waals surface area contributed by atoms with Gasteiger partial charge in [0.25, 0.3) is 0 Å². The van der Waals surface area contributed by atoms with Gasteiger partial charge in [-0.05, 0) is 26.3 Å². The summed E-state index contributed by atoms with van der Waals surface area (Å²) in [6, 6.07) is -0.484. The first-order valence-corrected chi connectivity index (χ1v) is 7.19. The molecule has 108 valence electrons. The van der Waals surface area contributed by atoms with Crippen molar-refractivity contribution in [2.75, 3.05) is 13.2 Å². The second-order valence-electron chi connectivity index (χ2n) is 4.77. The summed E-state index contributed by atoms with van der Waals surface area (Å²) in [5, 5.41) is 11.9. The molecule has 0 bridgehead atoms. The molecule has 2 N–H and O–H groups in total. The zero-order valence-corrected chi connectivity index (χ0v) is 12.1. The number of carbonyl (C=O) groups is 1. The molecule has 0 amide bonds. The zero-order valence-electron chi connectivity index (χ0n) is 12.1. The third-order valence-electron chi connectivity index (χ3n) is 3.02. The third kappa shape index (κ3) is 9.42. The molecule has 4 heteroatoms. The molecule has 0 radical (unpaired) electrons. The smallest absolute Gasteiger partial charge is 0.320 e. The average Bonchev–Trinajstić information content (AvgIpc) is 2.33. The van der Waals surface area contributed by atoms with Gasteiger partial charge in [0.1, 0.15) is 6.04 Å². The highest BCUT2D eigenvalue weighted by Gasteiger charge is 2.15. The van der Waals surface area contributed by atoms with Gasteiger partial charge in [-0.3, -0.25) is 4.79 Å². The second-order valence-corrected chi connectivity index (χ2v) is 4.77. The predicted octanol–water partition coefficient (Wildman–Crippen LogP) is 2.81. The van der Waals surface area contributed by atoms with Gasteiger partial charge < -0.3 is 15.2 Å². The quantitative estimate of drug-likeness (QED) is 0.529. The second kappa shape index (κ2) is 11.5. The van der Waals surface area contributed by atoms with E-state index in [0.717, 1.165) is 6.42 Å². The summed E-state index contributed by atoms with van der Waals surface area (Å²) < 4.78 is 5.65. The Hall–Kier alpha value is -0.610. The molecule has 2 unspecified atom stereocenters. The van der Waals surface area contributed by atoms with E-state index < -0.39 is 12.0 Å². The molecule has 0 aliphatic carbocycles. The SMILES string of the molecule is CCCCCCC(C)OCCC(NCC)C(=O)O. The van der Waals surface area contributed by atoms with E-state index in [2.05, 4.69) is 19.2 Å². The Bertz CT molecular complexity index is 209. The number of aliphatic carboxylic acids is 1. The van der Waals surface area contributed by atoms with Crippen LogP contribution in [0.15, 0.2) is 0 Å². The Morgan fingerprint density at radius 2 is 1.94 bits per heavy atom. The van der Waals surface area contributed by atoms with E-state index in [9.17, 15) is 4.79 Å². The van der Waals surface area contributed by atoms with Crippen LogP contribution in [0.4, 0.5) is 0 Å². The van der Waals surface area contributed by atoms with Crippen LogP contribution in [-0.4, -0.2) is 36.4 Å². The molecule has 0 spiro atoms. The van der Waals surface area contributed by atoms with E-state index in [1.807, 2.05) is 6.92 Å². The minimum Gasteiger partial charge on any atom is -0.480 e. The highest BCUT2D eigenvalue weighted by atomic mass is 16.5. The summed E-state index contributed by atoms with van der Waals surface area (Å²) in [6.07, 6.45) is 6.83. The lowest BCUT2D eigenvalue weighted by molar-refractivity contribution is -0.140. The molecule has 2 atom stereocenters. The highest BCUT2D eigenvalue weighted by Crippen LogP contribution is 2.08. The zero-order chi connectivity index (χ0) is 13.8. The van der Waals surface area contributed by atoms with Gasteiger partial charge >= 0.3 is 5.97 Å². The molecule has 0 aliphatic rings. The molecular weight excluding hydrogens is 230 g/mol. The maximum absolute atomic E-state index is 10.9. The van der Waals surface area contributed by atoms with Crippen LogP contribution in [0.1, 0.15) is 59.3 Å². The van der Waals surface area contributed by atoms with Gasteiger partial charge in [-0.15, -0.1) is 0 Å². The van der Waals surface area contributed by atoms with E-state index in [4.69, 9.17) is 9.84 Å². The number of likely N-dealkylation sites (N-methyl/N-ethyl adjacent to an activating group) is 1. The van der Waals surface area contributed by atoms with Crippen molar-refractivity contribution in [3.8, 4) is 0 Å². The van der Waals surface area contributed by atoms with Crippen molar-refractivity contribution in [3.05, 3.63) is 0 Å². The Morgan fingerprint density at radius 3 is 2.50 bits per heavy atom. The fourth-order valence-corrected chi connectivity index (χ4v) is 1.89. The lowest BCUT2D eigenvalue weighted by Crippen LogP contribution is -2.37. The van der Waals surface area contributed by atoms with Crippen LogP contribution >= 0.6 is 0 Å². The minimum atomic E-state index is -0.795. The first kappa shape index (κ1) is 17.4. The van der Waals surface area contributed by atoms with Gasteiger partial charge in [-0.25, -0.2) is 0 Å². The Labute approximate surface area is 111 Å². The molecule has 0 rings (SSSR count). The van der Waals surface area contributed by atoms with E-state index >= 15 is 0 Å². The molecule has 18 heavy (non-hydrogen) atoms. The van der Waals surface area contributed by atoms with Crippen LogP contribution in [0, 0.1) is 0 Å². The summed E-state index contributed by atoms with van der Waals surface area (Å²) in [4.78, 5) is 10.9. The third-order valence-corrected chi connectivity index (χ3v) is 3.02. The number of carboxylic acids is 1. The van der Waals surface area contributed by atoms with Gasteiger partial charge in [0.2, 0.25) is 0 Å². The van der Waals surface area contributed by atoms with E-state index in [-0.39, 0.29) is 6.10 Å². The number of hydrogen-bond acceptors (Lipinski definition) is 3. The van der Waals surface area contributed by atoms with Crippen LogP contribution < -0.4 is 5.32 Å². The molecule has 0 aromatic heterocycles. The van der Waals surface area contributed by atoms with Crippen molar-refractivity contribution in [1.82, 2.24) is 5.32 Å². The van der Waals surface area contributed by atoms with Crippen molar-refractivity contribution in [2.45, 2.75) is 71.4 Å². The topological polar surface area (TPSA) is 58.6 Å². The molecule has 0 aromatic rings. The van der Waals surface area contributed by atoms with E-state index in [1.54, 1.807) is 0 Å². The molecule has 0 fully saturated rings. The fourth-order valence-electron chi connectivity index (χ4n) is 1.89. The Kier molecular flexibility index (Phi) is 11.1. The van der Waals surface area contributed by atoms with Gasteiger partial charge in [0, 0.05) is 6.61 Å². The number of ether oxygens (including phenoxy) is 1. The minimum absolute atomic E-state index is 0.234. The molecule has 0 saturated carbocycles. The summed E-state index contributed by atoms with van der Waals surface area (Å²) in [5.41, 5.74) is 0. The van der Waals surface area contributed by atoms with Gasteiger partial charge in [0.05, 0.1) is 6.10 Å². The number of nitrogens with one attached hydrogen (secondary N) is 1. The van der Waals surface area contributed by atoms with Crippen molar-refractivity contribution in [2.24, 2.45) is 0 Å². The molecule has 0 saturated heterocycles. The van der Waals surface area contributed by atoms with E-state index in [0.29, 0.717) is 19.6 Å². The maximum atomic E-state index is 10.9. The monoisotopic (exact) mass is 259 g/mol. The number of carboxylic acid groups (broad SMARTS) is 1. The molecule has 0 aromatic carbocycles. The average molecular weight is 259 g/mol. The Morgan fingerprint density at radius 1 is 1.22 bits per heavy atom. The Balaban J connectivity index is 3.58. The molecule has 4 nitrogen and oxygen atoms in total. The van der Waals surface area contributed by atoms with Gasteiger partial charge in [-0.2, -0.15) is 0 Å². The standard InChI is InChI=1S/C14H29NO3/c1-4-6-7-8-9-12(3)18-11-10-13(14(16)17)15-5-2/h12-13,15H,4-11H2,1-3H3,(H,16,17).